The zero-order valence-corrected chi connectivity index (χ0v) is 20.0. The first kappa shape index (κ1) is 29.9. The van der Waals surface area contributed by atoms with E-state index in [4.69, 9.17) is 16.6 Å². The minimum absolute atomic E-state index is 0.0297. The number of hydrogen-bond acceptors (Lipinski definition) is 9. The number of H-pyrrole nitrogens is 1. The molecule has 4 atom stereocenters. The molecule has 10 N–H and O–H groups in total. The van der Waals surface area contributed by atoms with Crippen molar-refractivity contribution in [3.8, 4) is 0 Å². The van der Waals surface area contributed by atoms with Gasteiger partial charge in [-0.3, -0.25) is 19.2 Å². The Balaban J connectivity index is 2.99. The van der Waals surface area contributed by atoms with Crippen molar-refractivity contribution in [2.24, 2.45) is 11.5 Å². The standard InChI is InChI=1S/C20H33N7O7S/c21-6-2-1-3-13(25-17(30)12(22)4-5-16(28)29)18(31)26-14(7-11-8-23-10-24-11)19(32)27-15(9-35)20(33)34/h8,10,12-15,35H,1-7,9,21-22H2,(H,23,24)(H,25,30)(H,26,31)(H,27,32)(H,28,29)(H,33,34). The summed E-state index contributed by atoms with van der Waals surface area (Å²) in [5.74, 6) is -4.74. The number of nitrogens with one attached hydrogen (secondary N) is 4. The molecule has 15 heteroatoms. The fourth-order valence-corrected chi connectivity index (χ4v) is 3.25. The number of hydrogen-bond donors (Lipinski definition) is 9. The zero-order valence-electron chi connectivity index (χ0n) is 19.1. The molecule has 4 unspecified atom stereocenters. The Bertz CT molecular complexity index is 853. The molecule has 14 nitrogen and oxygen atoms in total. The molecule has 0 radical (unpaired) electrons. The van der Waals surface area contributed by atoms with Crippen molar-refractivity contribution in [2.75, 3.05) is 12.3 Å². The summed E-state index contributed by atoms with van der Waals surface area (Å²) < 4.78 is 0. The number of aromatic amines is 1. The van der Waals surface area contributed by atoms with Gasteiger partial charge in [-0.2, -0.15) is 12.6 Å². The van der Waals surface area contributed by atoms with E-state index in [-0.39, 0.29) is 31.4 Å². The van der Waals surface area contributed by atoms with E-state index in [9.17, 15) is 29.1 Å². The second kappa shape index (κ2) is 15.7. The van der Waals surface area contributed by atoms with Crippen molar-refractivity contribution < 1.29 is 34.2 Å². The topological polar surface area (TPSA) is 243 Å². The molecule has 196 valence electrons. The lowest BCUT2D eigenvalue weighted by molar-refractivity contribution is -0.141. The first-order valence-corrected chi connectivity index (χ1v) is 11.6. The summed E-state index contributed by atoms with van der Waals surface area (Å²) in [5, 5.41) is 25.4. The molecule has 0 saturated heterocycles. The number of rotatable bonds is 17. The Morgan fingerprint density at radius 3 is 2.14 bits per heavy atom. The van der Waals surface area contributed by atoms with Crippen molar-refractivity contribution in [2.45, 2.75) is 62.7 Å². The van der Waals surface area contributed by atoms with E-state index >= 15 is 0 Å². The van der Waals surface area contributed by atoms with Crippen LogP contribution in [-0.4, -0.2) is 86.3 Å². The first-order chi connectivity index (χ1) is 16.6. The number of amides is 3. The number of nitrogens with two attached hydrogens (primary N) is 2. The van der Waals surface area contributed by atoms with Crippen LogP contribution in [0.2, 0.25) is 0 Å². The molecule has 3 amide bonds. The zero-order chi connectivity index (χ0) is 26.4. The quantitative estimate of drug-likeness (QED) is 0.0796. The van der Waals surface area contributed by atoms with Crippen LogP contribution < -0.4 is 27.4 Å². The summed E-state index contributed by atoms with van der Waals surface area (Å²) in [6.45, 7) is 0.367. The summed E-state index contributed by atoms with van der Waals surface area (Å²) in [6, 6.07) is -4.70. The fraction of sp³-hybridized carbons (Fsp3) is 0.600. The van der Waals surface area contributed by atoms with E-state index in [1.54, 1.807) is 0 Å². The van der Waals surface area contributed by atoms with Crippen molar-refractivity contribution in [3.63, 3.8) is 0 Å². The monoisotopic (exact) mass is 515 g/mol. The third kappa shape index (κ3) is 11.2. The van der Waals surface area contributed by atoms with Crippen molar-refractivity contribution in [3.05, 3.63) is 18.2 Å². The predicted molar refractivity (Wildman–Crippen MR) is 127 cm³/mol. The van der Waals surface area contributed by atoms with Gasteiger partial charge in [-0.15, -0.1) is 0 Å². The summed E-state index contributed by atoms with van der Waals surface area (Å²) in [5.41, 5.74) is 11.8. The molecular formula is C20H33N7O7S. The van der Waals surface area contributed by atoms with Crippen LogP contribution in [0.5, 0.6) is 0 Å². The number of nitrogens with zero attached hydrogens (tertiary/aromatic N) is 1. The molecular weight excluding hydrogens is 482 g/mol. The number of carboxylic acid groups (broad SMARTS) is 2. The normalized spacial score (nSPS) is 14.3. The van der Waals surface area contributed by atoms with Crippen molar-refractivity contribution in [1.29, 1.82) is 0 Å². The maximum Gasteiger partial charge on any atom is 0.327 e. The third-order valence-electron chi connectivity index (χ3n) is 4.99. The van der Waals surface area contributed by atoms with Crippen LogP contribution in [0.15, 0.2) is 12.5 Å². The number of imidazole rings is 1. The van der Waals surface area contributed by atoms with Crippen molar-refractivity contribution in [1.82, 2.24) is 25.9 Å². The smallest absolute Gasteiger partial charge is 0.327 e. The van der Waals surface area contributed by atoms with Crippen LogP contribution in [0, 0.1) is 0 Å². The maximum absolute atomic E-state index is 13.1. The molecule has 0 spiro atoms. The molecule has 0 aliphatic heterocycles. The Morgan fingerprint density at radius 2 is 1.60 bits per heavy atom. The average molecular weight is 516 g/mol. The van der Waals surface area contributed by atoms with E-state index in [2.05, 4.69) is 38.5 Å². The molecule has 1 heterocycles. The number of thiol groups is 1. The van der Waals surface area contributed by atoms with Gasteiger partial charge in [0.2, 0.25) is 17.7 Å². The van der Waals surface area contributed by atoms with E-state index in [0.717, 1.165) is 0 Å². The van der Waals surface area contributed by atoms with Gasteiger partial charge in [0.25, 0.3) is 0 Å². The molecule has 0 aliphatic rings. The molecule has 0 aromatic carbocycles. The van der Waals surface area contributed by atoms with Gasteiger partial charge in [0.05, 0.1) is 12.4 Å². The summed E-state index contributed by atoms with van der Waals surface area (Å²) in [7, 11) is 0. The van der Waals surface area contributed by atoms with E-state index in [1.165, 1.54) is 12.5 Å². The summed E-state index contributed by atoms with van der Waals surface area (Å²) >= 11 is 3.92. The molecule has 0 bridgehead atoms. The highest BCUT2D eigenvalue weighted by Gasteiger charge is 2.30. The van der Waals surface area contributed by atoms with Crippen LogP contribution in [0.25, 0.3) is 0 Å². The van der Waals surface area contributed by atoms with Gasteiger partial charge in [0.15, 0.2) is 0 Å². The Labute approximate surface area is 207 Å². The minimum Gasteiger partial charge on any atom is -0.481 e. The number of carbonyl (C=O) groups is 5. The predicted octanol–water partition coefficient (Wildman–Crippen LogP) is -2.26. The Kier molecular flexibility index (Phi) is 13.4. The van der Waals surface area contributed by atoms with E-state index in [0.29, 0.717) is 25.1 Å². The first-order valence-electron chi connectivity index (χ1n) is 11.0. The van der Waals surface area contributed by atoms with Crippen LogP contribution in [0.1, 0.15) is 37.8 Å². The fourth-order valence-electron chi connectivity index (χ4n) is 3.01. The molecule has 0 aliphatic carbocycles. The van der Waals surface area contributed by atoms with E-state index < -0.39 is 53.8 Å². The third-order valence-corrected chi connectivity index (χ3v) is 5.36. The second-order valence-electron chi connectivity index (χ2n) is 7.81. The number of aromatic nitrogens is 2. The van der Waals surface area contributed by atoms with Gasteiger partial charge in [0, 0.05) is 30.5 Å². The Morgan fingerprint density at radius 1 is 0.971 bits per heavy atom. The number of aliphatic carboxylic acids is 2. The number of carboxylic acids is 2. The highest BCUT2D eigenvalue weighted by Crippen LogP contribution is 2.06. The summed E-state index contributed by atoms with van der Waals surface area (Å²) in [6.07, 6.45) is 3.61. The molecule has 0 saturated carbocycles. The van der Waals surface area contributed by atoms with Crippen molar-refractivity contribution >= 4 is 42.3 Å². The van der Waals surface area contributed by atoms with Gasteiger partial charge in [-0.1, -0.05) is 0 Å². The van der Waals surface area contributed by atoms with Crippen LogP contribution in [-0.2, 0) is 30.4 Å². The van der Waals surface area contributed by atoms with E-state index in [1.807, 2.05) is 0 Å². The molecule has 35 heavy (non-hydrogen) atoms. The molecule has 0 fully saturated rings. The van der Waals surface area contributed by atoms with Crippen LogP contribution in [0.3, 0.4) is 0 Å². The largest absolute Gasteiger partial charge is 0.481 e. The van der Waals surface area contributed by atoms with Gasteiger partial charge >= 0.3 is 11.9 Å². The lowest BCUT2D eigenvalue weighted by atomic mass is 10.0. The van der Waals surface area contributed by atoms with Gasteiger partial charge in [-0.25, -0.2) is 9.78 Å². The van der Waals surface area contributed by atoms with Crippen LogP contribution >= 0.6 is 12.6 Å². The molecule has 1 aromatic heterocycles. The number of carbonyl (C=O) groups excluding carboxylic acids is 3. The minimum atomic E-state index is -1.29. The average Bonchev–Trinajstić information content (AvgIpc) is 3.32. The SMILES string of the molecule is NCCCCC(NC(=O)C(N)CCC(=O)O)C(=O)NC(Cc1cnc[nH]1)C(=O)NC(CS)C(=O)O. The molecule has 1 rings (SSSR count). The summed E-state index contributed by atoms with van der Waals surface area (Å²) in [4.78, 5) is 67.0. The molecule has 1 aromatic rings. The Hall–Kier alpha value is -3.17. The maximum atomic E-state index is 13.1. The second-order valence-corrected chi connectivity index (χ2v) is 8.17. The highest BCUT2D eigenvalue weighted by atomic mass is 32.1. The van der Waals surface area contributed by atoms with Gasteiger partial charge in [-0.05, 0) is 32.2 Å². The van der Waals surface area contributed by atoms with Gasteiger partial charge < -0.3 is 42.6 Å². The van der Waals surface area contributed by atoms with Crippen LogP contribution in [0.4, 0.5) is 0 Å². The lowest BCUT2D eigenvalue weighted by Crippen LogP contribution is -2.57. The highest BCUT2D eigenvalue weighted by molar-refractivity contribution is 7.80. The number of unbranched alkanes of at least 4 members (excludes halogenated alkanes) is 1. The lowest BCUT2D eigenvalue weighted by Gasteiger charge is -2.25. The van der Waals surface area contributed by atoms with Gasteiger partial charge in [0.1, 0.15) is 18.1 Å².